The minimum atomic E-state index is 0.900. The summed E-state index contributed by atoms with van der Waals surface area (Å²) in [6, 6.07) is 81.2. The summed E-state index contributed by atoms with van der Waals surface area (Å²) in [5.41, 5.74) is 14.6. The number of benzene rings is 10. The number of para-hydroxylation sites is 1. The van der Waals surface area contributed by atoms with Crippen molar-refractivity contribution < 1.29 is 4.42 Å². The topological polar surface area (TPSA) is 16.4 Å². The van der Waals surface area contributed by atoms with Crippen LogP contribution in [0.2, 0.25) is 0 Å². The SMILES string of the molecule is c1cc(-c2cccc(N(c3ccc(-c4ccc5c(c4)oc4ccccc45)cc3)c3ccc(-c4cccc5ccccc45)cc3)c2)cc(-c2cccc3c2sc2ccccc23)c1. The molecule has 0 fully saturated rings. The molecule has 2 heterocycles. The Labute approximate surface area is 357 Å². The number of furan rings is 1. The number of rotatable bonds is 7. The van der Waals surface area contributed by atoms with Crippen molar-refractivity contribution in [3.05, 3.63) is 224 Å². The Morgan fingerprint density at radius 3 is 1.74 bits per heavy atom. The van der Waals surface area contributed by atoms with Gasteiger partial charge in [0.1, 0.15) is 11.2 Å². The first-order valence-corrected chi connectivity index (χ1v) is 21.5. The van der Waals surface area contributed by atoms with E-state index >= 15 is 0 Å². The molecule has 10 aromatic carbocycles. The van der Waals surface area contributed by atoms with Crippen molar-refractivity contribution in [2.45, 2.75) is 0 Å². The smallest absolute Gasteiger partial charge is 0.136 e. The van der Waals surface area contributed by atoms with Crippen LogP contribution in [0.3, 0.4) is 0 Å². The molecule has 0 atom stereocenters. The van der Waals surface area contributed by atoms with Crippen molar-refractivity contribution in [2.24, 2.45) is 0 Å². The molecule has 0 N–H and O–H groups in total. The number of hydrogen-bond acceptors (Lipinski definition) is 3. The lowest BCUT2D eigenvalue weighted by molar-refractivity contribution is 0.669. The molecule has 12 aromatic rings. The molecule has 0 spiro atoms. The van der Waals surface area contributed by atoms with Crippen molar-refractivity contribution in [1.29, 1.82) is 0 Å². The van der Waals surface area contributed by atoms with Gasteiger partial charge in [0, 0.05) is 48.0 Å². The van der Waals surface area contributed by atoms with E-state index in [0.717, 1.165) is 55.7 Å². The second kappa shape index (κ2) is 14.5. The van der Waals surface area contributed by atoms with Crippen LogP contribution in [0.25, 0.3) is 97.4 Å². The molecule has 0 saturated carbocycles. The van der Waals surface area contributed by atoms with E-state index in [1.807, 2.05) is 23.5 Å². The summed E-state index contributed by atoms with van der Waals surface area (Å²) in [5.74, 6) is 0. The Balaban J connectivity index is 0.942. The fourth-order valence-corrected chi connectivity index (χ4v) is 10.3. The van der Waals surface area contributed by atoms with Crippen LogP contribution in [-0.2, 0) is 0 Å². The Bertz CT molecular complexity index is 3590. The van der Waals surface area contributed by atoms with Gasteiger partial charge in [-0.15, -0.1) is 11.3 Å². The molecular formula is C58H37NOS. The third kappa shape index (κ3) is 6.18. The maximum absolute atomic E-state index is 6.26. The van der Waals surface area contributed by atoms with E-state index in [9.17, 15) is 0 Å². The highest BCUT2D eigenvalue weighted by molar-refractivity contribution is 7.26. The van der Waals surface area contributed by atoms with Gasteiger partial charge in [0.25, 0.3) is 0 Å². The fraction of sp³-hybridized carbons (Fsp3) is 0. The Morgan fingerprint density at radius 1 is 0.311 bits per heavy atom. The molecule has 61 heavy (non-hydrogen) atoms. The maximum atomic E-state index is 6.26. The molecule has 0 aliphatic carbocycles. The summed E-state index contributed by atoms with van der Waals surface area (Å²) < 4.78 is 8.91. The highest BCUT2D eigenvalue weighted by Gasteiger charge is 2.17. The van der Waals surface area contributed by atoms with E-state index in [1.54, 1.807) is 0 Å². The van der Waals surface area contributed by atoms with Crippen LogP contribution in [0.1, 0.15) is 0 Å². The largest absolute Gasteiger partial charge is 0.456 e. The summed E-state index contributed by atoms with van der Waals surface area (Å²) in [4.78, 5) is 2.37. The zero-order valence-corrected chi connectivity index (χ0v) is 33.9. The molecule has 0 amide bonds. The van der Waals surface area contributed by atoms with Gasteiger partial charge >= 0.3 is 0 Å². The summed E-state index contributed by atoms with van der Waals surface area (Å²) >= 11 is 1.88. The molecular weight excluding hydrogens is 759 g/mol. The average Bonchev–Trinajstić information content (AvgIpc) is 3.90. The van der Waals surface area contributed by atoms with E-state index in [4.69, 9.17) is 4.42 Å². The highest BCUT2D eigenvalue weighted by Crippen LogP contribution is 2.43. The molecule has 0 bridgehead atoms. The number of nitrogens with zero attached hydrogens (tertiary/aromatic N) is 1. The van der Waals surface area contributed by atoms with Gasteiger partial charge in [-0.1, -0.05) is 158 Å². The molecule has 3 heteroatoms. The fourth-order valence-electron chi connectivity index (χ4n) is 9.09. The summed E-state index contributed by atoms with van der Waals surface area (Å²) in [6.45, 7) is 0. The molecule has 12 rings (SSSR count). The molecule has 0 unspecified atom stereocenters. The van der Waals surface area contributed by atoms with Crippen LogP contribution < -0.4 is 4.90 Å². The second-order valence-corrected chi connectivity index (χ2v) is 16.7. The van der Waals surface area contributed by atoms with Crippen molar-refractivity contribution >= 4 is 81.3 Å². The van der Waals surface area contributed by atoms with Crippen LogP contribution in [0.4, 0.5) is 17.1 Å². The summed E-state index contributed by atoms with van der Waals surface area (Å²) in [5, 5.41) is 7.41. The van der Waals surface area contributed by atoms with Gasteiger partial charge < -0.3 is 9.32 Å². The first kappa shape index (κ1) is 35.2. The van der Waals surface area contributed by atoms with Gasteiger partial charge in [-0.05, 0) is 122 Å². The van der Waals surface area contributed by atoms with Crippen molar-refractivity contribution in [1.82, 2.24) is 0 Å². The normalized spacial score (nSPS) is 11.6. The average molecular weight is 796 g/mol. The van der Waals surface area contributed by atoms with Gasteiger partial charge in [0.15, 0.2) is 0 Å². The van der Waals surface area contributed by atoms with Gasteiger partial charge in [-0.3, -0.25) is 0 Å². The van der Waals surface area contributed by atoms with Crippen LogP contribution >= 0.6 is 11.3 Å². The lowest BCUT2D eigenvalue weighted by atomic mass is 9.97. The number of thiophene rings is 1. The summed E-state index contributed by atoms with van der Waals surface area (Å²) in [7, 11) is 0. The lowest BCUT2D eigenvalue weighted by Crippen LogP contribution is -2.10. The Morgan fingerprint density at radius 2 is 0.885 bits per heavy atom. The Hall–Kier alpha value is -7.72. The number of anilines is 3. The Kier molecular flexibility index (Phi) is 8.39. The molecule has 286 valence electrons. The minimum Gasteiger partial charge on any atom is -0.456 e. The molecule has 2 aromatic heterocycles. The van der Waals surface area contributed by atoms with Crippen LogP contribution in [0, 0.1) is 0 Å². The molecule has 0 radical (unpaired) electrons. The van der Waals surface area contributed by atoms with E-state index in [-0.39, 0.29) is 0 Å². The second-order valence-electron chi connectivity index (χ2n) is 15.7. The zero-order valence-electron chi connectivity index (χ0n) is 33.1. The summed E-state index contributed by atoms with van der Waals surface area (Å²) in [6.07, 6.45) is 0. The third-order valence-corrected chi connectivity index (χ3v) is 13.3. The molecule has 2 nitrogen and oxygen atoms in total. The maximum Gasteiger partial charge on any atom is 0.136 e. The first-order valence-electron chi connectivity index (χ1n) is 20.7. The monoisotopic (exact) mass is 795 g/mol. The molecule has 0 saturated heterocycles. The minimum absolute atomic E-state index is 0.900. The third-order valence-electron chi connectivity index (χ3n) is 12.1. The van der Waals surface area contributed by atoms with Crippen LogP contribution in [0.15, 0.2) is 229 Å². The highest BCUT2D eigenvalue weighted by atomic mass is 32.1. The molecule has 0 aliphatic heterocycles. The van der Waals surface area contributed by atoms with Crippen LogP contribution in [-0.4, -0.2) is 0 Å². The first-order chi connectivity index (χ1) is 30.2. The predicted molar refractivity (Wildman–Crippen MR) is 261 cm³/mol. The zero-order chi connectivity index (χ0) is 40.3. The van der Waals surface area contributed by atoms with Gasteiger partial charge in [-0.2, -0.15) is 0 Å². The molecule has 0 aliphatic rings. The van der Waals surface area contributed by atoms with E-state index in [1.165, 1.54) is 58.8 Å². The van der Waals surface area contributed by atoms with Crippen molar-refractivity contribution in [3.63, 3.8) is 0 Å². The lowest BCUT2D eigenvalue weighted by Gasteiger charge is -2.26. The van der Waals surface area contributed by atoms with E-state index in [2.05, 4.69) is 217 Å². The van der Waals surface area contributed by atoms with E-state index < -0.39 is 0 Å². The quantitative estimate of drug-likeness (QED) is 0.160. The van der Waals surface area contributed by atoms with E-state index in [0.29, 0.717) is 0 Å². The van der Waals surface area contributed by atoms with Gasteiger partial charge in [-0.25, -0.2) is 0 Å². The predicted octanol–water partition coefficient (Wildman–Crippen LogP) is 17.2. The van der Waals surface area contributed by atoms with Gasteiger partial charge in [0.05, 0.1) is 0 Å². The van der Waals surface area contributed by atoms with Crippen molar-refractivity contribution in [2.75, 3.05) is 4.90 Å². The number of fused-ring (bicyclic) bond motifs is 7. The number of hydrogen-bond donors (Lipinski definition) is 0. The van der Waals surface area contributed by atoms with Crippen LogP contribution in [0.5, 0.6) is 0 Å². The standard InChI is InChI=1S/C58H37NOS/c1-2-17-48-39(11-1)12-9-20-49(48)40-27-32-46(33-28-40)59(45-30-25-38(26-31-45)43-29-34-52-51-18-3-5-23-55(51)60-56(52)37-43)47-16-8-14-42(36-47)41-13-7-15-44(35-41)50-21-10-22-54-53-19-4-6-24-57(53)61-58(50)54/h1-37H. The van der Waals surface area contributed by atoms with Crippen molar-refractivity contribution in [3.8, 4) is 44.5 Å². The van der Waals surface area contributed by atoms with Gasteiger partial charge in [0.2, 0.25) is 0 Å².